The summed E-state index contributed by atoms with van der Waals surface area (Å²) in [6, 6.07) is 3.42. The fraction of sp³-hybridized carbons (Fsp3) is 0.632. The van der Waals surface area contributed by atoms with E-state index in [-0.39, 0.29) is 11.8 Å². The zero-order valence-corrected chi connectivity index (χ0v) is 16.0. The monoisotopic (exact) mass is 375 g/mol. The average Bonchev–Trinajstić information content (AvgIpc) is 3.40. The van der Waals surface area contributed by atoms with Crippen LogP contribution in [0.1, 0.15) is 36.7 Å². The predicted octanol–water partition coefficient (Wildman–Crippen LogP) is 1.02. The van der Waals surface area contributed by atoms with Crippen LogP contribution in [0.25, 0.3) is 0 Å². The number of likely N-dealkylation sites (tertiary alicyclic amines) is 1. The van der Waals surface area contributed by atoms with Gasteiger partial charge >= 0.3 is 0 Å². The van der Waals surface area contributed by atoms with Crippen molar-refractivity contribution in [1.29, 1.82) is 0 Å². The SMILES string of the molecule is CCNC(=NCCC(=O)N1CCCC1)N1CCN(C(=O)c2ccco2)CC1. The first-order chi connectivity index (χ1) is 13.2. The molecule has 1 aromatic rings. The first-order valence-corrected chi connectivity index (χ1v) is 9.83. The van der Waals surface area contributed by atoms with Gasteiger partial charge in [-0.3, -0.25) is 14.6 Å². The molecule has 2 amide bonds. The van der Waals surface area contributed by atoms with E-state index in [1.807, 2.05) is 11.8 Å². The molecule has 2 aliphatic rings. The normalized spacial score (nSPS) is 18.1. The number of carbonyl (C=O) groups excluding carboxylic acids is 2. The van der Waals surface area contributed by atoms with E-state index in [1.54, 1.807) is 17.0 Å². The number of rotatable bonds is 5. The lowest BCUT2D eigenvalue weighted by atomic mass is 10.3. The Balaban J connectivity index is 1.49. The molecular weight excluding hydrogens is 346 g/mol. The Kier molecular flexibility index (Phi) is 6.73. The van der Waals surface area contributed by atoms with Crippen LogP contribution in [0.5, 0.6) is 0 Å². The number of carbonyl (C=O) groups is 2. The Morgan fingerprint density at radius 1 is 1.07 bits per heavy atom. The fourth-order valence-corrected chi connectivity index (χ4v) is 3.49. The van der Waals surface area contributed by atoms with Crippen molar-refractivity contribution in [3.05, 3.63) is 24.2 Å². The number of hydrogen-bond acceptors (Lipinski definition) is 4. The maximum atomic E-state index is 12.4. The molecule has 3 rings (SSSR count). The van der Waals surface area contributed by atoms with E-state index in [1.165, 1.54) is 6.26 Å². The molecule has 0 aliphatic carbocycles. The highest BCUT2D eigenvalue weighted by molar-refractivity contribution is 5.91. The Morgan fingerprint density at radius 2 is 1.78 bits per heavy atom. The van der Waals surface area contributed by atoms with Crippen molar-refractivity contribution in [3.8, 4) is 0 Å². The van der Waals surface area contributed by atoms with Gasteiger partial charge in [0.1, 0.15) is 0 Å². The third kappa shape index (κ3) is 5.02. The quantitative estimate of drug-likeness (QED) is 0.614. The van der Waals surface area contributed by atoms with Crippen LogP contribution in [0, 0.1) is 0 Å². The van der Waals surface area contributed by atoms with Crippen molar-refractivity contribution in [3.63, 3.8) is 0 Å². The lowest BCUT2D eigenvalue weighted by molar-refractivity contribution is -0.129. The molecule has 0 spiro atoms. The predicted molar refractivity (Wildman–Crippen MR) is 103 cm³/mol. The highest BCUT2D eigenvalue weighted by atomic mass is 16.3. The summed E-state index contributed by atoms with van der Waals surface area (Å²) < 4.78 is 5.20. The first-order valence-electron chi connectivity index (χ1n) is 9.83. The van der Waals surface area contributed by atoms with Gasteiger partial charge in [0.25, 0.3) is 5.91 Å². The smallest absolute Gasteiger partial charge is 0.289 e. The lowest BCUT2D eigenvalue weighted by Crippen LogP contribution is -2.53. The molecule has 3 heterocycles. The van der Waals surface area contributed by atoms with Gasteiger partial charge in [0, 0.05) is 52.2 Å². The maximum absolute atomic E-state index is 12.4. The lowest BCUT2D eigenvalue weighted by Gasteiger charge is -2.36. The Morgan fingerprint density at radius 3 is 2.41 bits per heavy atom. The number of nitrogens with zero attached hydrogens (tertiary/aromatic N) is 4. The van der Waals surface area contributed by atoms with E-state index >= 15 is 0 Å². The molecule has 0 atom stereocenters. The summed E-state index contributed by atoms with van der Waals surface area (Å²) >= 11 is 0. The zero-order valence-electron chi connectivity index (χ0n) is 16.0. The summed E-state index contributed by atoms with van der Waals surface area (Å²) in [5.74, 6) is 1.32. The van der Waals surface area contributed by atoms with Gasteiger partial charge in [0.2, 0.25) is 5.91 Å². The van der Waals surface area contributed by atoms with E-state index in [0.29, 0.717) is 44.9 Å². The van der Waals surface area contributed by atoms with Crippen molar-refractivity contribution >= 4 is 17.8 Å². The van der Waals surface area contributed by atoms with Gasteiger partial charge in [0.05, 0.1) is 12.8 Å². The van der Waals surface area contributed by atoms with Gasteiger partial charge < -0.3 is 24.4 Å². The number of aliphatic imine (C=N–C) groups is 1. The van der Waals surface area contributed by atoms with Gasteiger partial charge in [-0.15, -0.1) is 0 Å². The average molecular weight is 375 g/mol. The molecule has 1 aromatic heterocycles. The number of furan rings is 1. The molecule has 2 fully saturated rings. The molecule has 2 aliphatic heterocycles. The Bertz CT molecular complexity index is 644. The van der Waals surface area contributed by atoms with Crippen molar-refractivity contribution in [1.82, 2.24) is 20.0 Å². The van der Waals surface area contributed by atoms with Crippen molar-refractivity contribution in [2.45, 2.75) is 26.2 Å². The second-order valence-corrected chi connectivity index (χ2v) is 6.83. The summed E-state index contributed by atoms with van der Waals surface area (Å²) in [7, 11) is 0. The summed E-state index contributed by atoms with van der Waals surface area (Å²) in [6.07, 6.45) is 4.19. The molecule has 0 saturated carbocycles. The minimum atomic E-state index is -0.0715. The molecule has 0 aromatic carbocycles. The molecular formula is C19H29N5O3. The number of amides is 2. The molecule has 8 heteroatoms. The maximum Gasteiger partial charge on any atom is 0.289 e. The minimum absolute atomic E-state index is 0.0715. The molecule has 0 radical (unpaired) electrons. The number of guanidine groups is 1. The van der Waals surface area contributed by atoms with E-state index in [2.05, 4.69) is 15.2 Å². The topological polar surface area (TPSA) is 81.4 Å². The molecule has 0 unspecified atom stereocenters. The second kappa shape index (κ2) is 9.43. The largest absolute Gasteiger partial charge is 0.459 e. The van der Waals surface area contributed by atoms with Crippen LogP contribution in [0.3, 0.4) is 0 Å². The van der Waals surface area contributed by atoms with E-state index in [4.69, 9.17) is 4.42 Å². The first kappa shape index (κ1) is 19.3. The van der Waals surface area contributed by atoms with Crippen LogP contribution in [-0.2, 0) is 4.79 Å². The Labute approximate surface area is 160 Å². The van der Waals surface area contributed by atoms with Crippen LogP contribution < -0.4 is 5.32 Å². The van der Waals surface area contributed by atoms with Crippen LogP contribution >= 0.6 is 0 Å². The van der Waals surface area contributed by atoms with Gasteiger partial charge in [-0.1, -0.05) is 0 Å². The van der Waals surface area contributed by atoms with E-state index in [0.717, 1.165) is 38.4 Å². The van der Waals surface area contributed by atoms with Gasteiger partial charge in [-0.05, 0) is 31.9 Å². The minimum Gasteiger partial charge on any atom is -0.459 e. The third-order valence-electron chi connectivity index (χ3n) is 4.98. The van der Waals surface area contributed by atoms with E-state index in [9.17, 15) is 9.59 Å². The molecule has 1 N–H and O–H groups in total. The molecule has 0 bridgehead atoms. The fourth-order valence-electron chi connectivity index (χ4n) is 3.49. The zero-order chi connectivity index (χ0) is 19.1. The summed E-state index contributed by atoms with van der Waals surface area (Å²) in [5, 5.41) is 3.30. The van der Waals surface area contributed by atoms with Crippen molar-refractivity contribution in [2.75, 3.05) is 52.4 Å². The molecule has 8 nitrogen and oxygen atoms in total. The molecule has 148 valence electrons. The number of nitrogens with one attached hydrogen (secondary N) is 1. The highest BCUT2D eigenvalue weighted by Crippen LogP contribution is 2.11. The van der Waals surface area contributed by atoms with Gasteiger partial charge in [-0.2, -0.15) is 0 Å². The highest BCUT2D eigenvalue weighted by Gasteiger charge is 2.25. The summed E-state index contributed by atoms with van der Waals surface area (Å²) in [6.45, 7) is 7.71. The molecule has 27 heavy (non-hydrogen) atoms. The summed E-state index contributed by atoms with van der Waals surface area (Å²) in [5.41, 5.74) is 0. The van der Waals surface area contributed by atoms with Crippen LogP contribution in [0.15, 0.2) is 27.8 Å². The van der Waals surface area contributed by atoms with Crippen molar-refractivity contribution in [2.24, 2.45) is 4.99 Å². The van der Waals surface area contributed by atoms with Gasteiger partial charge in [0.15, 0.2) is 11.7 Å². The Hall–Kier alpha value is -2.51. The second-order valence-electron chi connectivity index (χ2n) is 6.83. The standard InChI is InChI=1S/C19H29N5O3/c1-2-20-19(21-8-7-17(25)22-9-3-4-10-22)24-13-11-23(12-14-24)18(26)16-6-5-15-27-16/h5-6,15H,2-4,7-14H2,1H3,(H,20,21). The van der Waals surface area contributed by atoms with E-state index < -0.39 is 0 Å². The summed E-state index contributed by atoms with van der Waals surface area (Å²) in [4.78, 5) is 35.0. The third-order valence-corrected chi connectivity index (χ3v) is 4.98. The van der Waals surface area contributed by atoms with Crippen LogP contribution in [-0.4, -0.2) is 84.8 Å². The number of piperazine rings is 1. The van der Waals surface area contributed by atoms with Crippen molar-refractivity contribution < 1.29 is 14.0 Å². The van der Waals surface area contributed by atoms with Gasteiger partial charge in [-0.25, -0.2) is 0 Å². The number of hydrogen-bond donors (Lipinski definition) is 1. The van der Waals surface area contributed by atoms with Crippen LogP contribution in [0.4, 0.5) is 0 Å². The van der Waals surface area contributed by atoms with Crippen LogP contribution in [0.2, 0.25) is 0 Å². The molecule has 2 saturated heterocycles.